The highest BCUT2D eigenvalue weighted by Crippen LogP contribution is 2.43. The summed E-state index contributed by atoms with van der Waals surface area (Å²) in [7, 11) is 0. The number of rotatable bonds is 3. The van der Waals surface area contributed by atoms with Crippen molar-refractivity contribution >= 4 is 11.6 Å². The smallest absolute Gasteiger partial charge is 0.128 e. The Morgan fingerprint density at radius 3 is 2.68 bits per heavy atom. The average molecular weight is 284 g/mol. The highest BCUT2D eigenvalue weighted by atomic mass is 35.5. The molecule has 1 saturated carbocycles. The molecular formula is C16H23ClFN. The van der Waals surface area contributed by atoms with E-state index in [-0.39, 0.29) is 11.7 Å². The first-order valence-corrected chi connectivity index (χ1v) is 7.55. The molecule has 1 fully saturated rings. The molecule has 0 aliphatic heterocycles. The lowest BCUT2D eigenvalue weighted by molar-refractivity contribution is 0.195. The summed E-state index contributed by atoms with van der Waals surface area (Å²) >= 11 is 5.84. The molecule has 1 aromatic rings. The summed E-state index contributed by atoms with van der Waals surface area (Å²) in [5.74, 6) is 1.77. The topological polar surface area (TPSA) is 26.0 Å². The van der Waals surface area contributed by atoms with Gasteiger partial charge in [0.05, 0.1) is 0 Å². The van der Waals surface area contributed by atoms with Crippen molar-refractivity contribution in [3.05, 3.63) is 34.6 Å². The fourth-order valence-corrected chi connectivity index (χ4v) is 3.50. The Bertz CT molecular complexity index is 433. The normalized spacial score (nSPS) is 27.8. The highest BCUT2D eigenvalue weighted by Gasteiger charge is 2.33. The van der Waals surface area contributed by atoms with Gasteiger partial charge < -0.3 is 5.73 Å². The van der Waals surface area contributed by atoms with Gasteiger partial charge in [0.1, 0.15) is 5.82 Å². The molecular weight excluding hydrogens is 261 g/mol. The number of hydrogen-bond donors (Lipinski definition) is 1. The van der Waals surface area contributed by atoms with E-state index in [9.17, 15) is 4.39 Å². The molecule has 1 nitrogen and oxygen atoms in total. The van der Waals surface area contributed by atoms with E-state index in [1.807, 2.05) is 6.07 Å². The first-order valence-electron chi connectivity index (χ1n) is 7.18. The number of halogens is 2. The molecule has 0 spiro atoms. The van der Waals surface area contributed by atoms with Crippen molar-refractivity contribution in [3.8, 4) is 0 Å². The standard InChI is InChI=1S/C16H23ClFN/c1-10(2)11-3-4-12(9-19)15(7-11)14-6-5-13(17)8-16(14)18/h5-6,8,10-12,15H,3-4,7,9,19H2,1-2H3. The van der Waals surface area contributed by atoms with Gasteiger partial charge in [0, 0.05) is 5.02 Å². The Labute approximate surface area is 120 Å². The van der Waals surface area contributed by atoms with Gasteiger partial charge >= 0.3 is 0 Å². The molecule has 1 aliphatic rings. The third kappa shape index (κ3) is 3.29. The summed E-state index contributed by atoms with van der Waals surface area (Å²) in [4.78, 5) is 0. The van der Waals surface area contributed by atoms with Gasteiger partial charge in [-0.05, 0) is 67.2 Å². The number of nitrogens with two attached hydrogens (primary N) is 1. The van der Waals surface area contributed by atoms with Crippen LogP contribution < -0.4 is 5.73 Å². The summed E-state index contributed by atoms with van der Waals surface area (Å²) in [6.07, 6.45) is 3.36. The van der Waals surface area contributed by atoms with Gasteiger partial charge in [-0.3, -0.25) is 0 Å². The first-order chi connectivity index (χ1) is 9.02. The minimum atomic E-state index is -0.180. The van der Waals surface area contributed by atoms with Gasteiger partial charge in [-0.15, -0.1) is 0 Å². The van der Waals surface area contributed by atoms with Crippen LogP contribution in [0.5, 0.6) is 0 Å². The molecule has 0 aromatic heterocycles. The van der Waals surface area contributed by atoms with E-state index in [1.165, 1.54) is 12.5 Å². The van der Waals surface area contributed by atoms with Crippen LogP contribution in [0.15, 0.2) is 18.2 Å². The fraction of sp³-hybridized carbons (Fsp3) is 0.625. The minimum Gasteiger partial charge on any atom is -0.330 e. The van der Waals surface area contributed by atoms with Crippen LogP contribution in [0.1, 0.15) is 44.6 Å². The van der Waals surface area contributed by atoms with Crippen LogP contribution in [-0.2, 0) is 0 Å². The second-order valence-corrected chi connectivity index (χ2v) is 6.52. The van der Waals surface area contributed by atoms with Gasteiger partial charge in [-0.2, -0.15) is 0 Å². The third-order valence-corrected chi connectivity index (χ3v) is 4.88. The molecule has 0 amide bonds. The second-order valence-electron chi connectivity index (χ2n) is 6.09. The van der Waals surface area contributed by atoms with Gasteiger partial charge in [-0.1, -0.05) is 31.5 Å². The zero-order valence-electron chi connectivity index (χ0n) is 11.7. The Morgan fingerprint density at radius 1 is 1.37 bits per heavy atom. The Morgan fingerprint density at radius 2 is 2.11 bits per heavy atom. The van der Waals surface area contributed by atoms with Crippen LogP contribution in [-0.4, -0.2) is 6.54 Å². The molecule has 0 heterocycles. The maximum absolute atomic E-state index is 14.1. The van der Waals surface area contributed by atoms with Gasteiger partial charge in [0.15, 0.2) is 0 Å². The monoisotopic (exact) mass is 283 g/mol. The van der Waals surface area contributed by atoms with E-state index in [4.69, 9.17) is 17.3 Å². The van der Waals surface area contributed by atoms with Crippen LogP contribution in [0.25, 0.3) is 0 Å². The molecule has 0 saturated heterocycles. The molecule has 0 radical (unpaired) electrons. The molecule has 19 heavy (non-hydrogen) atoms. The predicted molar refractivity (Wildman–Crippen MR) is 78.9 cm³/mol. The van der Waals surface area contributed by atoms with Gasteiger partial charge in [-0.25, -0.2) is 4.39 Å². The summed E-state index contributed by atoms with van der Waals surface area (Å²) in [6, 6.07) is 5.05. The van der Waals surface area contributed by atoms with E-state index in [0.717, 1.165) is 18.4 Å². The van der Waals surface area contributed by atoms with Crippen LogP contribution in [0, 0.1) is 23.6 Å². The summed E-state index contributed by atoms with van der Waals surface area (Å²) in [5.41, 5.74) is 6.68. The van der Waals surface area contributed by atoms with E-state index in [0.29, 0.717) is 29.3 Å². The summed E-state index contributed by atoms with van der Waals surface area (Å²) in [5, 5.41) is 0.460. The van der Waals surface area contributed by atoms with Crippen molar-refractivity contribution in [1.29, 1.82) is 0 Å². The third-order valence-electron chi connectivity index (χ3n) is 4.64. The SMILES string of the molecule is CC(C)C1CCC(CN)C(c2ccc(Cl)cc2F)C1. The van der Waals surface area contributed by atoms with Crippen molar-refractivity contribution in [2.75, 3.05) is 6.54 Å². The van der Waals surface area contributed by atoms with Crippen molar-refractivity contribution in [1.82, 2.24) is 0 Å². The molecule has 3 unspecified atom stereocenters. The summed E-state index contributed by atoms with van der Waals surface area (Å²) in [6.45, 7) is 5.14. The summed E-state index contributed by atoms with van der Waals surface area (Å²) < 4.78 is 14.1. The first kappa shape index (κ1) is 14.8. The van der Waals surface area contributed by atoms with Crippen LogP contribution in [0.3, 0.4) is 0 Å². The van der Waals surface area contributed by atoms with E-state index in [1.54, 1.807) is 6.07 Å². The quantitative estimate of drug-likeness (QED) is 0.862. The van der Waals surface area contributed by atoms with Crippen molar-refractivity contribution in [2.24, 2.45) is 23.5 Å². The maximum Gasteiger partial charge on any atom is 0.128 e. The Balaban J connectivity index is 2.27. The maximum atomic E-state index is 14.1. The van der Waals surface area contributed by atoms with Crippen molar-refractivity contribution < 1.29 is 4.39 Å². The molecule has 1 aromatic carbocycles. The lowest BCUT2D eigenvalue weighted by Gasteiger charge is -2.38. The molecule has 0 bridgehead atoms. The van der Waals surface area contributed by atoms with Crippen LogP contribution >= 0.6 is 11.6 Å². The zero-order chi connectivity index (χ0) is 14.0. The molecule has 3 atom stereocenters. The molecule has 2 rings (SSSR count). The van der Waals surface area contributed by atoms with E-state index < -0.39 is 0 Å². The average Bonchev–Trinajstić information content (AvgIpc) is 2.38. The van der Waals surface area contributed by atoms with Crippen molar-refractivity contribution in [3.63, 3.8) is 0 Å². The van der Waals surface area contributed by atoms with Gasteiger partial charge in [0.2, 0.25) is 0 Å². The zero-order valence-corrected chi connectivity index (χ0v) is 12.5. The molecule has 3 heteroatoms. The van der Waals surface area contributed by atoms with E-state index >= 15 is 0 Å². The van der Waals surface area contributed by atoms with Crippen molar-refractivity contribution in [2.45, 2.75) is 39.0 Å². The Hall–Kier alpha value is -0.600. The highest BCUT2D eigenvalue weighted by molar-refractivity contribution is 6.30. The van der Waals surface area contributed by atoms with E-state index in [2.05, 4.69) is 13.8 Å². The number of benzene rings is 1. The number of hydrogen-bond acceptors (Lipinski definition) is 1. The molecule has 1 aliphatic carbocycles. The lowest BCUT2D eigenvalue weighted by Crippen LogP contribution is -2.31. The molecule has 106 valence electrons. The Kier molecular flexibility index (Phi) is 4.86. The lowest BCUT2D eigenvalue weighted by atomic mass is 9.68. The largest absolute Gasteiger partial charge is 0.330 e. The minimum absolute atomic E-state index is 0.180. The fourth-order valence-electron chi connectivity index (χ4n) is 3.34. The van der Waals surface area contributed by atoms with Gasteiger partial charge in [0.25, 0.3) is 0 Å². The molecule has 2 N–H and O–H groups in total. The second kappa shape index (κ2) is 6.23. The predicted octanol–water partition coefficient (Wildman–Crippen LogP) is 4.59. The van der Waals surface area contributed by atoms with Crippen LogP contribution in [0.4, 0.5) is 4.39 Å². The van der Waals surface area contributed by atoms with Crippen LogP contribution in [0.2, 0.25) is 5.02 Å².